The first-order valence-corrected chi connectivity index (χ1v) is 5.56. The second-order valence-corrected chi connectivity index (χ2v) is 5.02. The van der Waals surface area contributed by atoms with Crippen molar-refractivity contribution < 1.29 is 13.2 Å². The minimum atomic E-state index is -3.51. The van der Waals surface area contributed by atoms with E-state index in [-0.39, 0.29) is 17.3 Å². The van der Waals surface area contributed by atoms with Crippen LogP contribution in [-0.2, 0) is 14.6 Å². The summed E-state index contributed by atoms with van der Waals surface area (Å²) < 4.78 is 23.0. The van der Waals surface area contributed by atoms with Gasteiger partial charge < -0.3 is 11.1 Å². The van der Waals surface area contributed by atoms with E-state index < -0.39 is 21.5 Å². The first-order valence-electron chi connectivity index (χ1n) is 3.91. The molecule has 0 radical (unpaired) electrons. The lowest BCUT2D eigenvalue weighted by atomic mass is 10.3. The summed E-state index contributed by atoms with van der Waals surface area (Å²) in [6, 6.07) is 4.38. The Morgan fingerprint density at radius 2 is 2.00 bits per heavy atom. The molecule has 3 N–H and O–H groups in total. The Labute approximate surface area is 93.0 Å². The molecule has 82 valence electrons. The number of nitrogen functional groups attached to an aromatic ring is 1. The lowest BCUT2D eigenvalue weighted by molar-refractivity contribution is -0.114. The van der Waals surface area contributed by atoms with Crippen molar-refractivity contribution >= 4 is 39.5 Å². The van der Waals surface area contributed by atoms with E-state index >= 15 is 0 Å². The molecule has 0 saturated heterocycles. The first-order chi connectivity index (χ1) is 6.49. The van der Waals surface area contributed by atoms with Crippen LogP contribution in [0.1, 0.15) is 0 Å². The molecule has 0 atom stereocenters. The van der Waals surface area contributed by atoms with Gasteiger partial charge in [-0.25, -0.2) is 8.42 Å². The molecule has 0 bridgehead atoms. The number of sulfone groups is 1. The lowest BCUT2D eigenvalue weighted by Gasteiger charge is -2.16. The van der Waals surface area contributed by atoms with Crippen molar-refractivity contribution in [2.45, 2.75) is 4.90 Å². The number of carbonyl (C=O) groups is 1. The van der Waals surface area contributed by atoms with Gasteiger partial charge in [0.1, 0.15) is 5.75 Å². The molecule has 1 aliphatic heterocycles. The number of hydrogen-bond donors (Lipinski definition) is 2. The van der Waals surface area contributed by atoms with Crippen molar-refractivity contribution in [2.75, 3.05) is 16.8 Å². The second kappa shape index (κ2) is 3.71. The topological polar surface area (TPSA) is 89.3 Å². The molecule has 1 aromatic carbocycles. The third kappa shape index (κ3) is 2.05. The highest BCUT2D eigenvalue weighted by atomic mass is 35.5. The maximum Gasteiger partial charge on any atom is 0.239 e. The average molecular weight is 249 g/mol. The van der Waals surface area contributed by atoms with Crippen LogP contribution >= 0.6 is 12.4 Å². The van der Waals surface area contributed by atoms with Crippen LogP contribution in [0, 0.1) is 0 Å². The van der Waals surface area contributed by atoms with E-state index in [2.05, 4.69) is 5.32 Å². The molecule has 1 amide bonds. The highest BCUT2D eigenvalue weighted by Gasteiger charge is 2.28. The van der Waals surface area contributed by atoms with Crippen LogP contribution in [0.3, 0.4) is 0 Å². The van der Waals surface area contributed by atoms with Crippen molar-refractivity contribution in [1.82, 2.24) is 0 Å². The number of amides is 1. The second-order valence-electron chi connectivity index (χ2n) is 3.06. The normalized spacial score (nSPS) is 17.2. The summed E-state index contributed by atoms with van der Waals surface area (Å²) in [7, 11) is -3.51. The van der Waals surface area contributed by atoms with E-state index in [1.807, 2.05) is 0 Å². The molecule has 1 aliphatic rings. The minimum absolute atomic E-state index is 0. The standard InChI is InChI=1S/C8H8N2O3S.ClH/c9-5-1-2-6-7(3-5)14(12,13)4-8(11)10-6;/h1-3H,4,9H2,(H,10,11);1H. The van der Waals surface area contributed by atoms with Crippen LogP contribution in [0.2, 0.25) is 0 Å². The molecule has 1 heterocycles. The molecule has 2 rings (SSSR count). The van der Waals surface area contributed by atoms with Crippen molar-refractivity contribution in [2.24, 2.45) is 0 Å². The van der Waals surface area contributed by atoms with Gasteiger partial charge in [-0.05, 0) is 18.2 Å². The monoisotopic (exact) mass is 248 g/mol. The van der Waals surface area contributed by atoms with Gasteiger partial charge >= 0.3 is 0 Å². The number of carbonyl (C=O) groups excluding carboxylic acids is 1. The van der Waals surface area contributed by atoms with Gasteiger partial charge in [0.2, 0.25) is 5.91 Å². The highest BCUT2D eigenvalue weighted by molar-refractivity contribution is 7.92. The quantitative estimate of drug-likeness (QED) is 0.651. The van der Waals surface area contributed by atoms with Gasteiger partial charge in [0.15, 0.2) is 9.84 Å². The number of benzene rings is 1. The van der Waals surface area contributed by atoms with Crippen molar-refractivity contribution in [3.63, 3.8) is 0 Å². The Kier molecular flexibility index (Phi) is 2.92. The van der Waals surface area contributed by atoms with Crippen LogP contribution in [0.15, 0.2) is 23.1 Å². The third-order valence-corrected chi connectivity index (χ3v) is 3.59. The molecule has 0 aromatic heterocycles. The summed E-state index contributed by atoms with van der Waals surface area (Å²) >= 11 is 0. The van der Waals surface area contributed by atoms with Gasteiger partial charge in [-0.1, -0.05) is 0 Å². The minimum Gasteiger partial charge on any atom is -0.399 e. The van der Waals surface area contributed by atoms with E-state index in [1.165, 1.54) is 12.1 Å². The predicted molar refractivity (Wildman–Crippen MR) is 58.8 cm³/mol. The predicted octanol–water partition coefficient (Wildman–Crippen LogP) is 0.416. The molecular weight excluding hydrogens is 240 g/mol. The Hall–Kier alpha value is -1.27. The SMILES string of the molecule is Cl.Nc1ccc2c(c1)S(=O)(=O)CC(=O)N2. The molecule has 0 fully saturated rings. The van der Waals surface area contributed by atoms with Gasteiger partial charge in [0, 0.05) is 5.69 Å². The Bertz CT molecular complexity index is 513. The fraction of sp³-hybridized carbons (Fsp3) is 0.125. The maximum atomic E-state index is 11.5. The zero-order valence-corrected chi connectivity index (χ0v) is 9.19. The molecule has 0 aliphatic carbocycles. The number of hydrogen-bond acceptors (Lipinski definition) is 4. The van der Waals surface area contributed by atoms with Gasteiger partial charge in [0.05, 0.1) is 10.6 Å². The van der Waals surface area contributed by atoms with E-state index in [1.54, 1.807) is 6.07 Å². The van der Waals surface area contributed by atoms with Crippen LogP contribution in [0.25, 0.3) is 0 Å². The molecular formula is C8H9ClN2O3S. The number of nitrogens with one attached hydrogen (secondary N) is 1. The third-order valence-electron chi connectivity index (χ3n) is 1.94. The van der Waals surface area contributed by atoms with Crippen LogP contribution in [0.4, 0.5) is 11.4 Å². The van der Waals surface area contributed by atoms with Crippen molar-refractivity contribution in [1.29, 1.82) is 0 Å². The Balaban J connectivity index is 0.00000112. The first kappa shape index (κ1) is 11.8. The summed E-state index contributed by atoms with van der Waals surface area (Å²) in [6.07, 6.45) is 0. The largest absolute Gasteiger partial charge is 0.399 e. The van der Waals surface area contributed by atoms with E-state index in [0.717, 1.165) is 0 Å². The lowest BCUT2D eigenvalue weighted by Crippen LogP contribution is -2.29. The maximum absolute atomic E-state index is 11.5. The summed E-state index contributed by atoms with van der Waals surface area (Å²) in [5.74, 6) is -1.02. The summed E-state index contributed by atoms with van der Waals surface area (Å²) in [4.78, 5) is 11.1. The van der Waals surface area contributed by atoms with Gasteiger partial charge in [-0.3, -0.25) is 4.79 Å². The Morgan fingerprint density at radius 1 is 1.33 bits per heavy atom. The fourth-order valence-corrected chi connectivity index (χ4v) is 2.68. The summed E-state index contributed by atoms with van der Waals surface area (Å²) in [5.41, 5.74) is 6.13. The average Bonchev–Trinajstić information content (AvgIpc) is 2.05. The Morgan fingerprint density at radius 3 is 2.67 bits per heavy atom. The van der Waals surface area contributed by atoms with Crippen LogP contribution in [0.5, 0.6) is 0 Å². The number of fused-ring (bicyclic) bond motifs is 1. The zero-order valence-electron chi connectivity index (χ0n) is 7.56. The molecule has 0 saturated carbocycles. The van der Waals surface area contributed by atoms with Gasteiger partial charge in [0.25, 0.3) is 0 Å². The van der Waals surface area contributed by atoms with Crippen LogP contribution < -0.4 is 11.1 Å². The van der Waals surface area contributed by atoms with Gasteiger partial charge in [-0.15, -0.1) is 12.4 Å². The molecule has 5 nitrogen and oxygen atoms in total. The van der Waals surface area contributed by atoms with Crippen molar-refractivity contribution in [3.05, 3.63) is 18.2 Å². The molecule has 1 aromatic rings. The smallest absolute Gasteiger partial charge is 0.239 e. The highest BCUT2D eigenvalue weighted by Crippen LogP contribution is 2.28. The number of nitrogens with two attached hydrogens (primary N) is 1. The van der Waals surface area contributed by atoms with Crippen molar-refractivity contribution in [3.8, 4) is 0 Å². The molecule has 0 spiro atoms. The number of halogens is 1. The summed E-state index contributed by atoms with van der Waals surface area (Å²) in [5, 5.41) is 2.47. The molecule has 7 heteroatoms. The van der Waals surface area contributed by atoms with E-state index in [4.69, 9.17) is 5.73 Å². The van der Waals surface area contributed by atoms with Crippen LogP contribution in [-0.4, -0.2) is 20.1 Å². The number of anilines is 2. The van der Waals surface area contributed by atoms with E-state index in [0.29, 0.717) is 11.4 Å². The molecule has 0 unspecified atom stereocenters. The molecule has 15 heavy (non-hydrogen) atoms. The summed E-state index contributed by atoms with van der Waals surface area (Å²) in [6.45, 7) is 0. The zero-order chi connectivity index (χ0) is 10.3. The number of rotatable bonds is 0. The van der Waals surface area contributed by atoms with E-state index in [9.17, 15) is 13.2 Å². The van der Waals surface area contributed by atoms with Gasteiger partial charge in [-0.2, -0.15) is 0 Å². The fourth-order valence-electron chi connectivity index (χ4n) is 1.34.